The number of fused-ring (bicyclic) bond motifs is 1. The molecule has 1 aliphatic heterocycles. The quantitative estimate of drug-likeness (QED) is 0.792. The van der Waals surface area contributed by atoms with Crippen LogP contribution >= 0.6 is 0 Å². The highest BCUT2D eigenvalue weighted by molar-refractivity contribution is 5.34. The van der Waals surface area contributed by atoms with Crippen molar-refractivity contribution in [1.29, 1.82) is 0 Å². The van der Waals surface area contributed by atoms with Crippen LogP contribution in [-0.4, -0.2) is 12.5 Å². The second kappa shape index (κ2) is 4.27. The third-order valence-corrected chi connectivity index (χ3v) is 2.98. The van der Waals surface area contributed by atoms with E-state index in [1.54, 1.807) is 0 Å². The van der Waals surface area contributed by atoms with Gasteiger partial charge in [0.15, 0.2) is 0 Å². The molecule has 0 saturated heterocycles. The average molecular weight is 211 g/mol. The van der Waals surface area contributed by atoms with Crippen molar-refractivity contribution in [1.82, 2.24) is 5.32 Å². The molecule has 0 bridgehead atoms. The van der Waals surface area contributed by atoms with Crippen LogP contribution < -0.4 is 5.32 Å². The first-order valence-corrected chi connectivity index (χ1v) is 5.33. The Morgan fingerprint density at radius 1 is 1.40 bits per heavy atom. The van der Waals surface area contributed by atoms with Crippen LogP contribution in [0, 0.1) is 0 Å². The minimum atomic E-state index is -2.27. The molecule has 1 aromatic rings. The fourth-order valence-electron chi connectivity index (χ4n) is 1.99. The Hall–Kier alpha value is -0.960. The number of hydrogen-bond acceptors (Lipinski definition) is 1. The van der Waals surface area contributed by atoms with Gasteiger partial charge in [-0.1, -0.05) is 25.1 Å². The zero-order valence-corrected chi connectivity index (χ0v) is 8.76. The largest absolute Gasteiger partial charge is 0.304 e. The molecule has 0 aliphatic carbocycles. The predicted octanol–water partition coefficient (Wildman–Crippen LogP) is 2.53. The molecule has 15 heavy (non-hydrogen) atoms. The lowest BCUT2D eigenvalue weighted by Crippen LogP contribution is -2.40. The maximum Gasteiger partial charge on any atom is 0.254 e. The van der Waals surface area contributed by atoms with Crippen molar-refractivity contribution in [2.75, 3.05) is 0 Å². The van der Waals surface area contributed by atoms with E-state index in [-0.39, 0.29) is 0 Å². The molecular weight excluding hydrogens is 196 g/mol. The van der Waals surface area contributed by atoms with Gasteiger partial charge in [-0.2, -0.15) is 0 Å². The standard InChI is InChI=1S/C12H15F2N/c1-2-8-3-4-9-6-11(12(13)14)15-7-10(9)5-8/h3-5,11-12,15H,2,6-7H2,1H3. The summed E-state index contributed by atoms with van der Waals surface area (Å²) in [4.78, 5) is 0. The molecule has 0 aromatic heterocycles. The normalized spacial score (nSPS) is 20.4. The molecule has 1 aliphatic rings. The number of aryl methyl sites for hydroxylation is 1. The van der Waals surface area contributed by atoms with Crippen molar-refractivity contribution < 1.29 is 8.78 Å². The molecule has 1 atom stereocenters. The first-order chi connectivity index (χ1) is 7.20. The number of alkyl halides is 2. The van der Waals surface area contributed by atoms with Gasteiger partial charge >= 0.3 is 0 Å². The fraction of sp³-hybridized carbons (Fsp3) is 0.500. The van der Waals surface area contributed by atoms with Gasteiger partial charge in [-0.3, -0.25) is 0 Å². The number of rotatable bonds is 2. The summed E-state index contributed by atoms with van der Waals surface area (Å²) in [5.74, 6) is 0. The van der Waals surface area contributed by atoms with Crippen LogP contribution in [0.1, 0.15) is 23.6 Å². The third-order valence-electron chi connectivity index (χ3n) is 2.98. The molecule has 0 amide bonds. The van der Waals surface area contributed by atoms with Crippen molar-refractivity contribution in [2.24, 2.45) is 0 Å². The van der Waals surface area contributed by atoms with Crippen molar-refractivity contribution in [3.63, 3.8) is 0 Å². The Bertz CT molecular complexity index is 349. The van der Waals surface area contributed by atoms with Crippen LogP contribution in [0.3, 0.4) is 0 Å². The van der Waals surface area contributed by atoms with Gasteiger partial charge in [0, 0.05) is 6.54 Å². The molecule has 0 radical (unpaired) electrons. The Morgan fingerprint density at radius 3 is 2.87 bits per heavy atom. The smallest absolute Gasteiger partial charge is 0.254 e. The zero-order chi connectivity index (χ0) is 10.8. The lowest BCUT2D eigenvalue weighted by molar-refractivity contribution is 0.0942. The summed E-state index contributed by atoms with van der Waals surface area (Å²) in [6, 6.07) is 5.46. The highest BCUT2D eigenvalue weighted by atomic mass is 19.3. The molecule has 0 saturated carbocycles. The van der Waals surface area contributed by atoms with Gasteiger partial charge in [0.05, 0.1) is 6.04 Å². The van der Waals surface area contributed by atoms with Crippen LogP contribution in [0.15, 0.2) is 18.2 Å². The van der Waals surface area contributed by atoms with Gasteiger partial charge in [0.2, 0.25) is 0 Å². The van der Waals surface area contributed by atoms with E-state index in [4.69, 9.17) is 0 Å². The van der Waals surface area contributed by atoms with E-state index in [2.05, 4.69) is 18.3 Å². The lowest BCUT2D eigenvalue weighted by Gasteiger charge is -2.25. The summed E-state index contributed by atoms with van der Waals surface area (Å²) < 4.78 is 25.0. The molecular formula is C12H15F2N. The highest BCUT2D eigenvalue weighted by Crippen LogP contribution is 2.21. The van der Waals surface area contributed by atoms with E-state index in [9.17, 15) is 8.78 Å². The average Bonchev–Trinajstić information content (AvgIpc) is 2.27. The third kappa shape index (κ3) is 2.17. The predicted molar refractivity (Wildman–Crippen MR) is 56.2 cm³/mol. The van der Waals surface area contributed by atoms with Gasteiger partial charge in [0.25, 0.3) is 6.43 Å². The van der Waals surface area contributed by atoms with Crippen LogP contribution in [0.25, 0.3) is 0 Å². The maximum atomic E-state index is 12.5. The maximum absolute atomic E-state index is 12.5. The van der Waals surface area contributed by atoms with E-state index in [0.717, 1.165) is 12.0 Å². The Morgan fingerprint density at radius 2 is 2.20 bits per heavy atom. The van der Waals surface area contributed by atoms with E-state index in [1.807, 2.05) is 12.1 Å². The number of hydrogen-bond donors (Lipinski definition) is 1. The molecule has 1 unspecified atom stereocenters. The van der Waals surface area contributed by atoms with Crippen LogP contribution in [0.4, 0.5) is 8.78 Å². The molecule has 1 heterocycles. The number of nitrogens with one attached hydrogen (secondary N) is 1. The topological polar surface area (TPSA) is 12.0 Å². The van der Waals surface area contributed by atoms with Gasteiger partial charge < -0.3 is 5.32 Å². The Balaban J connectivity index is 2.21. The van der Waals surface area contributed by atoms with E-state index < -0.39 is 12.5 Å². The first-order valence-electron chi connectivity index (χ1n) is 5.33. The van der Waals surface area contributed by atoms with Gasteiger partial charge in [-0.25, -0.2) is 8.78 Å². The summed E-state index contributed by atoms with van der Waals surface area (Å²) in [5.41, 5.74) is 3.51. The first kappa shape index (κ1) is 10.6. The summed E-state index contributed by atoms with van der Waals surface area (Å²) >= 11 is 0. The molecule has 1 aromatic carbocycles. The van der Waals surface area contributed by atoms with Gasteiger partial charge in [0.1, 0.15) is 0 Å². The second-order valence-corrected chi connectivity index (χ2v) is 3.98. The van der Waals surface area contributed by atoms with E-state index in [1.165, 1.54) is 11.1 Å². The van der Waals surface area contributed by atoms with Crippen molar-refractivity contribution in [3.8, 4) is 0 Å². The molecule has 1 N–H and O–H groups in total. The molecule has 0 spiro atoms. The van der Waals surface area contributed by atoms with Crippen LogP contribution in [0.5, 0.6) is 0 Å². The van der Waals surface area contributed by atoms with Crippen LogP contribution in [-0.2, 0) is 19.4 Å². The minimum Gasteiger partial charge on any atom is -0.304 e. The molecule has 3 heteroatoms. The Labute approximate surface area is 88.5 Å². The van der Waals surface area contributed by atoms with E-state index >= 15 is 0 Å². The summed E-state index contributed by atoms with van der Waals surface area (Å²) in [6.45, 7) is 2.66. The second-order valence-electron chi connectivity index (χ2n) is 3.98. The Kier molecular flexibility index (Phi) is 3.00. The molecule has 82 valence electrons. The number of benzene rings is 1. The minimum absolute atomic E-state index is 0.441. The molecule has 2 rings (SSSR count). The van der Waals surface area contributed by atoms with E-state index in [0.29, 0.717) is 13.0 Å². The summed E-state index contributed by atoms with van der Waals surface area (Å²) in [6.07, 6.45) is -0.841. The summed E-state index contributed by atoms with van der Waals surface area (Å²) in [7, 11) is 0. The van der Waals surface area contributed by atoms with Gasteiger partial charge in [-0.05, 0) is 29.5 Å². The van der Waals surface area contributed by atoms with Crippen molar-refractivity contribution in [2.45, 2.75) is 38.8 Å². The highest BCUT2D eigenvalue weighted by Gasteiger charge is 2.25. The lowest BCUT2D eigenvalue weighted by atomic mass is 9.94. The molecule has 1 nitrogen and oxygen atoms in total. The molecule has 0 fully saturated rings. The fourth-order valence-corrected chi connectivity index (χ4v) is 1.99. The van der Waals surface area contributed by atoms with Crippen LogP contribution in [0.2, 0.25) is 0 Å². The van der Waals surface area contributed by atoms with Crippen molar-refractivity contribution in [3.05, 3.63) is 34.9 Å². The monoisotopic (exact) mass is 211 g/mol. The van der Waals surface area contributed by atoms with Gasteiger partial charge in [-0.15, -0.1) is 0 Å². The van der Waals surface area contributed by atoms with Crippen molar-refractivity contribution >= 4 is 0 Å². The summed E-state index contributed by atoms with van der Waals surface area (Å²) in [5, 5.41) is 2.88. The number of halogens is 2. The SMILES string of the molecule is CCc1ccc2c(c1)CNC(C(F)F)C2. The zero-order valence-electron chi connectivity index (χ0n) is 8.76.